The van der Waals surface area contributed by atoms with Crippen LogP contribution in [0.1, 0.15) is 35.2 Å². The highest BCUT2D eigenvalue weighted by atomic mass is 35.5. The molecule has 0 unspecified atom stereocenters. The number of anilines is 1. The third-order valence-electron chi connectivity index (χ3n) is 4.99. The molecule has 1 aliphatic heterocycles. The number of rotatable bonds is 5. The van der Waals surface area contributed by atoms with Gasteiger partial charge in [0.15, 0.2) is 0 Å². The van der Waals surface area contributed by atoms with Crippen LogP contribution in [0.3, 0.4) is 0 Å². The SMILES string of the molecule is COc1cc(Cl)ccc1C(=O)N(CC(=O)N1CCCCC1)c1ccc(C)cc1. The number of hydrogen-bond donors (Lipinski definition) is 0. The molecule has 1 fully saturated rings. The van der Waals surface area contributed by atoms with Crippen LogP contribution in [-0.4, -0.2) is 43.5 Å². The summed E-state index contributed by atoms with van der Waals surface area (Å²) >= 11 is 6.03. The first-order valence-corrected chi connectivity index (χ1v) is 9.87. The summed E-state index contributed by atoms with van der Waals surface area (Å²) in [6.45, 7) is 3.47. The minimum absolute atomic E-state index is 0.00627. The van der Waals surface area contributed by atoms with Gasteiger partial charge in [-0.05, 0) is 56.5 Å². The van der Waals surface area contributed by atoms with E-state index in [-0.39, 0.29) is 18.4 Å². The molecule has 1 heterocycles. The highest BCUT2D eigenvalue weighted by Crippen LogP contribution is 2.27. The number of aryl methyl sites for hydroxylation is 1. The number of amides is 2. The van der Waals surface area contributed by atoms with Crippen molar-refractivity contribution >= 4 is 29.1 Å². The number of nitrogens with zero attached hydrogens (tertiary/aromatic N) is 2. The Bertz CT molecular complexity index is 845. The van der Waals surface area contributed by atoms with E-state index in [9.17, 15) is 9.59 Å². The Morgan fingerprint density at radius 1 is 1.07 bits per heavy atom. The molecule has 2 aromatic carbocycles. The fourth-order valence-electron chi connectivity index (χ4n) is 3.37. The highest BCUT2D eigenvalue weighted by Gasteiger charge is 2.26. The van der Waals surface area contributed by atoms with Crippen molar-refractivity contribution < 1.29 is 14.3 Å². The molecule has 6 heteroatoms. The number of likely N-dealkylation sites (tertiary alicyclic amines) is 1. The molecule has 3 rings (SSSR count). The number of hydrogen-bond acceptors (Lipinski definition) is 3. The second-order valence-electron chi connectivity index (χ2n) is 7.01. The molecule has 0 aromatic heterocycles. The Kier molecular flexibility index (Phi) is 6.57. The number of benzene rings is 2. The zero-order valence-corrected chi connectivity index (χ0v) is 17.0. The predicted octanol–water partition coefficient (Wildman–Crippen LogP) is 4.32. The molecule has 0 N–H and O–H groups in total. The van der Waals surface area contributed by atoms with Crippen LogP contribution in [0.5, 0.6) is 5.75 Å². The number of carbonyl (C=O) groups excluding carboxylic acids is 2. The third kappa shape index (κ3) is 4.65. The maximum Gasteiger partial charge on any atom is 0.262 e. The second-order valence-corrected chi connectivity index (χ2v) is 7.45. The molecule has 28 heavy (non-hydrogen) atoms. The standard InChI is InChI=1S/C22H25ClN2O3/c1-16-6-9-18(10-7-16)25(15-21(26)24-12-4-3-5-13-24)22(27)19-11-8-17(23)14-20(19)28-2/h6-11,14H,3-5,12-13,15H2,1-2H3. The van der Waals surface area contributed by atoms with Gasteiger partial charge >= 0.3 is 0 Å². The van der Waals surface area contributed by atoms with Crippen LogP contribution in [0, 0.1) is 6.92 Å². The molecule has 1 aliphatic rings. The maximum atomic E-state index is 13.4. The molecule has 0 bridgehead atoms. The average molecular weight is 401 g/mol. The number of halogens is 1. The molecule has 0 spiro atoms. The number of piperidine rings is 1. The van der Waals surface area contributed by atoms with Crippen LogP contribution in [0.4, 0.5) is 5.69 Å². The summed E-state index contributed by atoms with van der Waals surface area (Å²) in [5.74, 6) is 0.0596. The Labute approximate surface area is 170 Å². The molecule has 0 atom stereocenters. The zero-order valence-electron chi connectivity index (χ0n) is 16.3. The van der Waals surface area contributed by atoms with Gasteiger partial charge in [0, 0.05) is 23.8 Å². The summed E-state index contributed by atoms with van der Waals surface area (Å²) < 4.78 is 5.35. The summed E-state index contributed by atoms with van der Waals surface area (Å²) in [5, 5.41) is 0.486. The Morgan fingerprint density at radius 2 is 1.75 bits per heavy atom. The van der Waals surface area contributed by atoms with Gasteiger partial charge in [0.2, 0.25) is 5.91 Å². The van der Waals surface area contributed by atoms with Crippen molar-refractivity contribution in [3.8, 4) is 5.75 Å². The van der Waals surface area contributed by atoms with Crippen molar-refractivity contribution in [3.05, 3.63) is 58.6 Å². The maximum absolute atomic E-state index is 13.4. The van der Waals surface area contributed by atoms with Crippen molar-refractivity contribution in [1.29, 1.82) is 0 Å². The first-order valence-electron chi connectivity index (χ1n) is 9.49. The lowest BCUT2D eigenvalue weighted by molar-refractivity contribution is -0.130. The van der Waals surface area contributed by atoms with Crippen molar-refractivity contribution in [2.45, 2.75) is 26.2 Å². The van der Waals surface area contributed by atoms with Crippen molar-refractivity contribution in [2.24, 2.45) is 0 Å². The van der Waals surface area contributed by atoms with Crippen LogP contribution in [0.25, 0.3) is 0 Å². The molecule has 2 aromatic rings. The Morgan fingerprint density at radius 3 is 2.39 bits per heavy atom. The second kappa shape index (κ2) is 9.11. The predicted molar refractivity (Wildman–Crippen MR) is 111 cm³/mol. The monoisotopic (exact) mass is 400 g/mol. The largest absolute Gasteiger partial charge is 0.496 e. The fraction of sp³-hybridized carbons (Fsp3) is 0.364. The molecule has 1 saturated heterocycles. The van der Waals surface area contributed by atoms with Gasteiger partial charge in [0.25, 0.3) is 5.91 Å². The van der Waals surface area contributed by atoms with Gasteiger partial charge in [-0.3, -0.25) is 14.5 Å². The molecule has 148 valence electrons. The molecule has 0 saturated carbocycles. The summed E-state index contributed by atoms with van der Waals surface area (Å²) in [6, 6.07) is 12.5. The van der Waals surface area contributed by atoms with E-state index in [1.807, 2.05) is 36.1 Å². The van der Waals surface area contributed by atoms with E-state index < -0.39 is 0 Å². The van der Waals surface area contributed by atoms with Crippen LogP contribution < -0.4 is 9.64 Å². The summed E-state index contributed by atoms with van der Waals surface area (Å²) in [6.07, 6.45) is 3.16. The van der Waals surface area contributed by atoms with E-state index in [0.29, 0.717) is 22.0 Å². The molecule has 0 aliphatic carbocycles. The van der Waals surface area contributed by atoms with Gasteiger partial charge in [-0.2, -0.15) is 0 Å². The fourth-order valence-corrected chi connectivity index (χ4v) is 3.53. The van der Waals surface area contributed by atoms with E-state index in [1.165, 1.54) is 12.0 Å². The Hall–Kier alpha value is -2.53. The normalized spacial score (nSPS) is 13.9. The van der Waals surface area contributed by atoms with E-state index in [2.05, 4.69) is 0 Å². The number of carbonyl (C=O) groups is 2. The summed E-state index contributed by atoms with van der Waals surface area (Å²) in [4.78, 5) is 29.6. The van der Waals surface area contributed by atoms with E-state index in [4.69, 9.17) is 16.3 Å². The minimum Gasteiger partial charge on any atom is -0.496 e. The molecular formula is C22H25ClN2O3. The van der Waals surface area contributed by atoms with Gasteiger partial charge in [-0.25, -0.2) is 0 Å². The number of ether oxygens (including phenoxy) is 1. The summed E-state index contributed by atoms with van der Waals surface area (Å²) in [5.41, 5.74) is 2.14. The van der Waals surface area contributed by atoms with Gasteiger partial charge in [-0.1, -0.05) is 29.3 Å². The lowest BCUT2D eigenvalue weighted by atomic mass is 10.1. The average Bonchev–Trinajstić information content (AvgIpc) is 2.72. The van der Waals surface area contributed by atoms with Crippen molar-refractivity contribution in [2.75, 3.05) is 31.6 Å². The van der Waals surface area contributed by atoms with Crippen LogP contribution >= 0.6 is 11.6 Å². The van der Waals surface area contributed by atoms with E-state index in [0.717, 1.165) is 37.9 Å². The zero-order chi connectivity index (χ0) is 20.1. The lowest BCUT2D eigenvalue weighted by Gasteiger charge is -2.30. The lowest BCUT2D eigenvalue weighted by Crippen LogP contribution is -2.45. The van der Waals surface area contributed by atoms with Gasteiger partial charge in [0.05, 0.1) is 12.7 Å². The Balaban J connectivity index is 1.92. The molecular weight excluding hydrogens is 376 g/mol. The van der Waals surface area contributed by atoms with Gasteiger partial charge in [-0.15, -0.1) is 0 Å². The van der Waals surface area contributed by atoms with Gasteiger partial charge in [0.1, 0.15) is 12.3 Å². The van der Waals surface area contributed by atoms with E-state index in [1.54, 1.807) is 18.2 Å². The topological polar surface area (TPSA) is 49.9 Å². The van der Waals surface area contributed by atoms with E-state index >= 15 is 0 Å². The van der Waals surface area contributed by atoms with Crippen LogP contribution in [0.15, 0.2) is 42.5 Å². The van der Waals surface area contributed by atoms with Crippen molar-refractivity contribution in [3.63, 3.8) is 0 Å². The van der Waals surface area contributed by atoms with Crippen LogP contribution in [0.2, 0.25) is 5.02 Å². The quantitative estimate of drug-likeness (QED) is 0.751. The smallest absolute Gasteiger partial charge is 0.262 e. The third-order valence-corrected chi connectivity index (χ3v) is 5.22. The van der Waals surface area contributed by atoms with Crippen LogP contribution in [-0.2, 0) is 4.79 Å². The summed E-state index contributed by atoms with van der Waals surface area (Å²) in [7, 11) is 1.50. The highest BCUT2D eigenvalue weighted by molar-refractivity contribution is 6.31. The minimum atomic E-state index is -0.289. The molecule has 0 radical (unpaired) electrons. The molecule has 2 amide bonds. The molecule has 5 nitrogen and oxygen atoms in total. The van der Waals surface area contributed by atoms with Crippen molar-refractivity contribution in [1.82, 2.24) is 4.90 Å². The first-order chi connectivity index (χ1) is 13.5. The van der Waals surface area contributed by atoms with Gasteiger partial charge < -0.3 is 9.64 Å². The number of methoxy groups -OCH3 is 1. The first kappa shape index (κ1) is 20.2.